The van der Waals surface area contributed by atoms with Crippen molar-refractivity contribution in [2.24, 2.45) is 10.2 Å². The lowest BCUT2D eigenvalue weighted by atomic mass is 10.1. The van der Waals surface area contributed by atoms with E-state index in [-0.39, 0.29) is 5.91 Å². The normalized spacial score (nSPS) is 15.4. The maximum Gasteiger partial charge on any atom is 0.236 e. The molecule has 1 amide bonds. The summed E-state index contributed by atoms with van der Waals surface area (Å²) in [6.45, 7) is 0.490. The van der Waals surface area contributed by atoms with Gasteiger partial charge in [-0.1, -0.05) is 71.4 Å². The Bertz CT molecular complexity index is 1110. The second-order valence-electron chi connectivity index (χ2n) is 6.22. The number of benzene rings is 2. The van der Waals surface area contributed by atoms with Gasteiger partial charge in [0.2, 0.25) is 5.91 Å². The molecule has 1 aliphatic rings. The van der Waals surface area contributed by atoms with Gasteiger partial charge in [0.15, 0.2) is 5.17 Å². The molecule has 146 valence electrons. The topological polar surface area (TPSA) is 71.6 Å². The molecule has 3 aromatic rings. The summed E-state index contributed by atoms with van der Waals surface area (Å²) in [5.74, 6) is 0.297. The predicted octanol–water partition coefficient (Wildman–Crippen LogP) is 4.46. The summed E-state index contributed by atoms with van der Waals surface area (Å²) < 4.78 is 1.80. The maximum atomic E-state index is 11.3. The van der Waals surface area contributed by atoms with E-state index in [1.54, 1.807) is 23.0 Å². The monoisotopic (exact) mass is 443 g/mol. The van der Waals surface area contributed by atoms with Crippen molar-refractivity contribution in [2.75, 3.05) is 5.75 Å². The van der Waals surface area contributed by atoms with Crippen LogP contribution < -0.4 is 5.32 Å². The van der Waals surface area contributed by atoms with Gasteiger partial charge in [0.25, 0.3) is 0 Å². The van der Waals surface area contributed by atoms with Crippen LogP contribution in [0.2, 0.25) is 10.0 Å². The Morgan fingerprint density at radius 3 is 2.76 bits per heavy atom. The third-order valence-electron chi connectivity index (χ3n) is 4.12. The molecule has 1 aromatic heterocycles. The molecule has 0 saturated carbocycles. The van der Waals surface area contributed by atoms with E-state index in [1.807, 2.05) is 42.6 Å². The first-order chi connectivity index (χ1) is 14.1. The second kappa shape index (κ2) is 8.82. The van der Waals surface area contributed by atoms with Crippen LogP contribution in [0, 0.1) is 0 Å². The first-order valence-electron chi connectivity index (χ1n) is 8.69. The number of amides is 1. The van der Waals surface area contributed by atoms with Crippen LogP contribution in [-0.2, 0) is 11.3 Å². The number of hydrogen-bond acceptors (Lipinski definition) is 5. The molecule has 1 saturated heterocycles. The zero-order valence-electron chi connectivity index (χ0n) is 15.0. The smallest absolute Gasteiger partial charge is 0.236 e. The lowest BCUT2D eigenvalue weighted by Crippen LogP contribution is -2.19. The number of halogens is 2. The molecule has 6 nitrogen and oxygen atoms in total. The van der Waals surface area contributed by atoms with Gasteiger partial charge >= 0.3 is 0 Å². The molecule has 0 aliphatic carbocycles. The van der Waals surface area contributed by atoms with Crippen LogP contribution in [0.25, 0.3) is 11.3 Å². The van der Waals surface area contributed by atoms with E-state index in [0.717, 1.165) is 22.4 Å². The molecular weight excluding hydrogens is 429 g/mol. The molecular formula is C20H15Cl2N5OS. The third kappa shape index (κ3) is 4.87. The molecule has 2 heterocycles. The number of thioether (sulfide) groups is 1. The van der Waals surface area contributed by atoms with Crippen LogP contribution in [0.15, 0.2) is 64.9 Å². The van der Waals surface area contributed by atoms with Crippen molar-refractivity contribution in [3.05, 3.63) is 75.9 Å². The molecule has 0 unspecified atom stereocenters. The molecule has 1 aliphatic heterocycles. The van der Waals surface area contributed by atoms with Gasteiger partial charge in [-0.3, -0.25) is 9.48 Å². The quantitative estimate of drug-likeness (QED) is 0.467. The number of rotatable bonds is 5. The van der Waals surface area contributed by atoms with Gasteiger partial charge in [0.05, 0.1) is 18.5 Å². The van der Waals surface area contributed by atoms with E-state index >= 15 is 0 Å². The number of nitrogens with one attached hydrogen (secondary N) is 1. The van der Waals surface area contributed by atoms with Crippen molar-refractivity contribution in [3.8, 4) is 11.3 Å². The van der Waals surface area contributed by atoms with Crippen LogP contribution in [-0.4, -0.2) is 32.8 Å². The van der Waals surface area contributed by atoms with Crippen molar-refractivity contribution in [1.29, 1.82) is 0 Å². The highest BCUT2D eigenvalue weighted by molar-refractivity contribution is 8.15. The van der Waals surface area contributed by atoms with Crippen LogP contribution in [0.4, 0.5) is 0 Å². The summed E-state index contributed by atoms with van der Waals surface area (Å²) in [7, 11) is 0. The van der Waals surface area contributed by atoms with Crippen molar-refractivity contribution in [2.45, 2.75) is 6.54 Å². The van der Waals surface area contributed by atoms with Crippen LogP contribution in [0.3, 0.4) is 0 Å². The first-order valence-corrected chi connectivity index (χ1v) is 10.4. The van der Waals surface area contributed by atoms with Gasteiger partial charge in [-0.25, -0.2) is 0 Å². The van der Waals surface area contributed by atoms with Gasteiger partial charge < -0.3 is 5.32 Å². The Labute approximate surface area is 181 Å². The minimum absolute atomic E-state index is 0.0680. The minimum atomic E-state index is -0.0680. The molecule has 0 atom stereocenters. The zero-order valence-corrected chi connectivity index (χ0v) is 17.4. The highest BCUT2D eigenvalue weighted by atomic mass is 35.5. The molecule has 2 aromatic carbocycles. The number of aromatic nitrogens is 2. The summed E-state index contributed by atoms with van der Waals surface area (Å²) >= 11 is 13.6. The zero-order chi connectivity index (χ0) is 20.2. The molecule has 0 spiro atoms. The number of carbonyl (C=O) groups excluding carboxylic acids is 1. The summed E-state index contributed by atoms with van der Waals surface area (Å²) in [4.78, 5) is 11.3. The van der Waals surface area contributed by atoms with E-state index in [0.29, 0.717) is 27.5 Å². The van der Waals surface area contributed by atoms with Gasteiger partial charge in [-0.2, -0.15) is 10.2 Å². The van der Waals surface area contributed by atoms with Crippen molar-refractivity contribution < 1.29 is 4.79 Å². The predicted molar refractivity (Wildman–Crippen MR) is 119 cm³/mol. The lowest BCUT2D eigenvalue weighted by molar-refractivity contribution is -0.116. The van der Waals surface area contributed by atoms with E-state index in [4.69, 9.17) is 28.3 Å². The standard InChI is InChI=1S/C20H15Cl2N5OS/c21-16-7-6-14(17(22)8-16)10-27-11-15(9-23-25-20-24-18(28)12-29-20)19(26-27)13-4-2-1-3-5-13/h1-9,11H,10,12H2,(H,24,25,28)/b23-9+. The third-order valence-corrected chi connectivity index (χ3v) is 5.57. The Morgan fingerprint density at radius 1 is 1.21 bits per heavy atom. The van der Waals surface area contributed by atoms with Crippen LogP contribution in [0.1, 0.15) is 11.1 Å². The van der Waals surface area contributed by atoms with Gasteiger partial charge in [-0.15, -0.1) is 5.10 Å². The average Bonchev–Trinajstić information content (AvgIpc) is 3.31. The summed E-state index contributed by atoms with van der Waals surface area (Å²) in [5.41, 5.74) is 3.46. The number of carbonyl (C=O) groups is 1. The Kier molecular flexibility index (Phi) is 5.99. The van der Waals surface area contributed by atoms with Crippen molar-refractivity contribution in [3.63, 3.8) is 0 Å². The molecule has 1 fully saturated rings. The molecule has 0 bridgehead atoms. The SMILES string of the molecule is O=C1CS/C(=N/N=C/c2cn(Cc3ccc(Cl)cc3Cl)nc2-c2ccccc2)N1. The molecule has 1 N–H and O–H groups in total. The van der Waals surface area contributed by atoms with E-state index in [9.17, 15) is 4.79 Å². The molecule has 0 radical (unpaired) electrons. The van der Waals surface area contributed by atoms with Crippen LogP contribution in [0.5, 0.6) is 0 Å². The Hall–Kier alpha value is -2.61. The average molecular weight is 444 g/mol. The number of amidine groups is 1. The van der Waals surface area contributed by atoms with Crippen molar-refractivity contribution >= 4 is 52.3 Å². The Morgan fingerprint density at radius 2 is 2.03 bits per heavy atom. The fourth-order valence-corrected chi connectivity index (χ4v) is 3.88. The first kappa shape index (κ1) is 19.7. The largest absolute Gasteiger partial charge is 0.303 e. The highest BCUT2D eigenvalue weighted by Gasteiger charge is 2.16. The second-order valence-corrected chi connectivity index (χ2v) is 8.03. The van der Waals surface area contributed by atoms with Gasteiger partial charge in [0, 0.05) is 27.4 Å². The minimum Gasteiger partial charge on any atom is -0.303 e. The lowest BCUT2D eigenvalue weighted by Gasteiger charge is -2.05. The summed E-state index contributed by atoms with van der Waals surface area (Å²) in [6.07, 6.45) is 3.52. The van der Waals surface area contributed by atoms with E-state index in [1.165, 1.54) is 11.8 Å². The van der Waals surface area contributed by atoms with E-state index < -0.39 is 0 Å². The maximum absolute atomic E-state index is 11.3. The summed E-state index contributed by atoms with van der Waals surface area (Å²) in [5, 5.41) is 17.2. The Balaban J connectivity index is 1.64. The van der Waals surface area contributed by atoms with E-state index in [2.05, 4.69) is 15.5 Å². The fraction of sp³-hybridized carbons (Fsp3) is 0.100. The number of hydrogen-bond donors (Lipinski definition) is 1. The number of nitrogens with zero attached hydrogens (tertiary/aromatic N) is 4. The highest BCUT2D eigenvalue weighted by Crippen LogP contribution is 2.24. The van der Waals surface area contributed by atoms with Crippen LogP contribution >= 0.6 is 35.0 Å². The summed E-state index contributed by atoms with van der Waals surface area (Å²) in [6, 6.07) is 15.2. The molecule has 4 rings (SSSR count). The molecule has 9 heteroatoms. The molecule has 29 heavy (non-hydrogen) atoms. The fourth-order valence-electron chi connectivity index (χ4n) is 2.78. The van der Waals surface area contributed by atoms with Crippen molar-refractivity contribution in [1.82, 2.24) is 15.1 Å². The van der Waals surface area contributed by atoms with Gasteiger partial charge in [0.1, 0.15) is 5.69 Å². The van der Waals surface area contributed by atoms with Gasteiger partial charge in [-0.05, 0) is 17.7 Å².